The fourth-order valence-corrected chi connectivity index (χ4v) is 2.42. The third kappa shape index (κ3) is 6.79. The zero-order chi connectivity index (χ0) is 20.2. The fourth-order valence-electron chi connectivity index (χ4n) is 2.42. The standard InChI is InChI=1S/C22H26N2O4/c1-4-13-28-20-12-9-18(14-21(20)27-6-3)16-23-24-22(25)15-17-7-10-19(11-8-17)26-5-2/h4,7-12,14,16H,1,5-6,13,15H2,2-3H3,(H,24,25)/b23-16-. The largest absolute Gasteiger partial charge is 0.494 e. The number of amides is 1. The molecule has 0 aromatic heterocycles. The van der Waals surface area contributed by atoms with E-state index in [9.17, 15) is 4.79 Å². The molecular weight excluding hydrogens is 356 g/mol. The van der Waals surface area contributed by atoms with Crippen LogP contribution in [-0.4, -0.2) is 31.9 Å². The van der Waals surface area contributed by atoms with Crippen LogP contribution >= 0.6 is 0 Å². The maximum Gasteiger partial charge on any atom is 0.244 e. The smallest absolute Gasteiger partial charge is 0.244 e. The first-order valence-electron chi connectivity index (χ1n) is 9.20. The highest BCUT2D eigenvalue weighted by atomic mass is 16.5. The van der Waals surface area contributed by atoms with E-state index in [1.807, 2.05) is 50.2 Å². The Balaban J connectivity index is 1.92. The number of nitrogens with one attached hydrogen (secondary N) is 1. The molecule has 0 saturated heterocycles. The number of nitrogens with zero attached hydrogens (tertiary/aromatic N) is 1. The van der Waals surface area contributed by atoms with E-state index in [-0.39, 0.29) is 12.3 Å². The highest BCUT2D eigenvalue weighted by Crippen LogP contribution is 2.28. The maximum atomic E-state index is 12.0. The molecule has 0 fully saturated rings. The normalized spacial score (nSPS) is 10.5. The lowest BCUT2D eigenvalue weighted by molar-refractivity contribution is -0.120. The molecule has 28 heavy (non-hydrogen) atoms. The van der Waals surface area contributed by atoms with Crippen LogP contribution < -0.4 is 19.6 Å². The minimum Gasteiger partial charge on any atom is -0.494 e. The van der Waals surface area contributed by atoms with Crippen LogP contribution in [0.3, 0.4) is 0 Å². The Labute approximate surface area is 165 Å². The van der Waals surface area contributed by atoms with E-state index < -0.39 is 0 Å². The molecule has 0 radical (unpaired) electrons. The zero-order valence-electron chi connectivity index (χ0n) is 16.3. The van der Waals surface area contributed by atoms with E-state index in [0.29, 0.717) is 31.3 Å². The van der Waals surface area contributed by atoms with Crippen molar-refractivity contribution in [3.8, 4) is 17.2 Å². The summed E-state index contributed by atoms with van der Waals surface area (Å²) < 4.78 is 16.5. The minimum absolute atomic E-state index is 0.198. The third-order valence-corrected chi connectivity index (χ3v) is 3.63. The number of ether oxygens (including phenoxy) is 3. The summed E-state index contributed by atoms with van der Waals surface area (Å²) in [6.45, 7) is 8.99. The van der Waals surface area contributed by atoms with Crippen LogP contribution in [0.25, 0.3) is 0 Å². The topological polar surface area (TPSA) is 69.2 Å². The first kappa shape index (κ1) is 21.0. The number of benzene rings is 2. The van der Waals surface area contributed by atoms with E-state index >= 15 is 0 Å². The van der Waals surface area contributed by atoms with E-state index in [1.54, 1.807) is 18.4 Å². The molecule has 0 atom stereocenters. The summed E-state index contributed by atoms with van der Waals surface area (Å²) in [5.41, 5.74) is 4.21. The van der Waals surface area contributed by atoms with Gasteiger partial charge in [-0.25, -0.2) is 5.43 Å². The summed E-state index contributed by atoms with van der Waals surface area (Å²) >= 11 is 0. The second kappa shape index (κ2) is 11.4. The summed E-state index contributed by atoms with van der Waals surface area (Å²) in [7, 11) is 0. The highest BCUT2D eigenvalue weighted by molar-refractivity contribution is 5.84. The lowest BCUT2D eigenvalue weighted by Crippen LogP contribution is -2.19. The van der Waals surface area contributed by atoms with Gasteiger partial charge in [-0.1, -0.05) is 24.8 Å². The van der Waals surface area contributed by atoms with E-state index in [0.717, 1.165) is 16.9 Å². The van der Waals surface area contributed by atoms with Crippen LogP contribution in [0.15, 0.2) is 60.2 Å². The number of carbonyl (C=O) groups excluding carboxylic acids is 1. The molecule has 0 spiro atoms. The molecule has 148 valence electrons. The van der Waals surface area contributed by atoms with Crippen LogP contribution in [0, 0.1) is 0 Å². The number of hydrogen-bond donors (Lipinski definition) is 1. The summed E-state index contributed by atoms with van der Waals surface area (Å²) in [4.78, 5) is 12.0. The summed E-state index contributed by atoms with van der Waals surface area (Å²) in [5.74, 6) is 1.85. The average molecular weight is 382 g/mol. The van der Waals surface area contributed by atoms with Gasteiger partial charge in [0.1, 0.15) is 12.4 Å². The monoisotopic (exact) mass is 382 g/mol. The minimum atomic E-state index is -0.198. The molecule has 0 bridgehead atoms. The van der Waals surface area contributed by atoms with Crippen LogP contribution in [0.5, 0.6) is 17.2 Å². The van der Waals surface area contributed by atoms with Gasteiger partial charge >= 0.3 is 0 Å². The molecule has 2 aromatic carbocycles. The molecule has 1 amide bonds. The molecular formula is C22H26N2O4. The van der Waals surface area contributed by atoms with E-state index in [1.165, 1.54) is 0 Å². The summed E-state index contributed by atoms with van der Waals surface area (Å²) in [6, 6.07) is 12.9. The quantitative estimate of drug-likeness (QED) is 0.365. The summed E-state index contributed by atoms with van der Waals surface area (Å²) in [5, 5.41) is 4.02. The van der Waals surface area contributed by atoms with Crippen molar-refractivity contribution in [3.63, 3.8) is 0 Å². The van der Waals surface area contributed by atoms with Gasteiger partial charge in [0.05, 0.1) is 25.8 Å². The second-order valence-electron chi connectivity index (χ2n) is 5.79. The lowest BCUT2D eigenvalue weighted by Gasteiger charge is -2.11. The Morgan fingerprint density at radius 1 is 1.04 bits per heavy atom. The van der Waals surface area contributed by atoms with Crippen molar-refractivity contribution in [1.29, 1.82) is 0 Å². The number of hydrazone groups is 1. The second-order valence-corrected chi connectivity index (χ2v) is 5.79. The number of rotatable bonds is 11. The van der Waals surface area contributed by atoms with Gasteiger partial charge < -0.3 is 14.2 Å². The first-order chi connectivity index (χ1) is 13.7. The van der Waals surface area contributed by atoms with Crippen LogP contribution in [-0.2, 0) is 11.2 Å². The van der Waals surface area contributed by atoms with Crippen molar-refractivity contribution < 1.29 is 19.0 Å². The van der Waals surface area contributed by atoms with Gasteiger partial charge in [-0.05, 0) is 55.3 Å². The predicted molar refractivity (Wildman–Crippen MR) is 110 cm³/mol. The predicted octanol–water partition coefficient (Wildman–Crippen LogP) is 3.74. The van der Waals surface area contributed by atoms with Crippen molar-refractivity contribution in [3.05, 3.63) is 66.2 Å². The maximum absolute atomic E-state index is 12.0. The fraction of sp³-hybridized carbons (Fsp3) is 0.273. The Bertz CT molecular complexity index is 801. The molecule has 2 rings (SSSR count). The molecule has 6 heteroatoms. The van der Waals surface area contributed by atoms with Gasteiger partial charge in [-0.3, -0.25) is 4.79 Å². The average Bonchev–Trinajstić information content (AvgIpc) is 2.69. The molecule has 1 N–H and O–H groups in total. The van der Waals surface area contributed by atoms with Crippen molar-refractivity contribution in [2.45, 2.75) is 20.3 Å². The van der Waals surface area contributed by atoms with Crippen molar-refractivity contribution in [2.75, 3.05) is 19.8 Å². The van der Waals surface area contributed by atoms with Gasteiger partial charge in [0.2, 0.25) is 5.91 Å². The van der Waals surface area contributed by atoms with E-state index in [4.69, 9.17) is 14.2 Å². The molecule has 0 aliphatic heterocycles. The Kier molecular flexibility index (Phi) is 8.59. The number of hydrogen-bond acceptors (Lipinski definition) is 5. The third-order valence-electron chi connectivity index (χ3n) is 3.63. The van der Waals surface area contributed by atoms with Gasteiger partial charge in [-0.15, -0.1) is 0 Å². The number of carbonyl (C=O) groups is 1. The lowest BCUT2D eigenvalue weighted by atomic mass is 10.1. The summed E-state index contributed by atoms with van der Waals surface area (Å²) in [6.07, 6.45) is 3.48. The zero-order valence-corrected chi connectivity index (χ0v) is 16.3. The van der Waals surface area contributed by atoms with Gasteiger partial charge in [0.25, 0.3) is 0 Å². The molecule has 0 heterocycles. The first-order valence-corrected chi connectivity index (χ1v) is 9.20. The Hall–Kier alpha value is -3.28. The van der Waals surface area contributed by atoms with Crippen LogP contribution in [0.1, 0.15) is 25.0 Å². The molecule has 0 unspecified atom stereocenters. The van der Waals surface area contributed by atoms with Gasteiger partial charge in [0, 0.05) is 0 Å². The van der Waals surface area contributed by atoms with Crippen LogP contribution in [0.4, 0.5) is 0 Å². The van der Waals surface area contributed by atoms with E-state index in [2.05, 4.69) is 17.1 Å². The van der Waals surface area contributed by atoms with Crippen molar-refractivity contribution in [1.82, 2.24) is 5.43 Å². The van der Waals surface area contributed by atoms with Gasteiger partial charge in [0.15, 0.2) is 11.5 Å². The molecule has 6 nitrogen and oxygen atoms in total. The van der Waals surface area contributed by atoms with Crippen LogP contribution in [0.2, 0.25) is 0 Å². The van der Waals surface area contributed by atoms with Gasteiger partial charge in [-0.2, -0.15) is 5.10 Å². The van der Waals surface area contributed by atoms with Crippen molar-refractivity contribution in [2.24, 2.45) is 5.10 Å². The SMILES string of the molecule is C=CCOc1ccc(/C=N\NC(=O)Cc2ccc(OCC)cc2)cc1OCC. The van der Waals surface area contributed by atoms with Crippen molar-refractivity contribution >= 4 is 12.1 Å². The molecule has 0 aliphatic carbocycles. The molecule has 0 aliphatic rings. The highest BCUT2D eigenvalue weighted by Gasteiger charge is 2.06. The molecule has 0 saturated carbocycles. The Morgan fingerprint density at radius 3 is 2.46 bits per heavy atom. The Morgan fingerprint density at radius 2 is 1.79 bits per heavy atom. The molecule has 2 aromatic rings.